The van der Waals surface area contributed by atoms with E-state index in [9.17, 15) is 4.79 Å². The van der Waals surface area contributed by atoms with Crippen LogP contribution in [-0.2, 0) is 24.2 Å². The Balaban J connectivity index is 1.68. The van der Waals surface area contributed by atoms with Crippen LogP contribution in [0.2, 0.25) is 0 Å². The van der Waals surface area contributed by atoms with Gasteiger partial charge in [-0.3, -0.25) is 4.90 Å². The maximum Gasteiger partial charge on any atom is 0.414 e. The zero-order valence-corrected chi connectivity index (χ0v) is 15.4. The van der Waals surface area contributed by atoms with Crippen molar-refractivity contribution in [3.8, 4) is 0 Å². The first-order chi connectivity index (χ1) is 11.9. The number of aryl methyl sites for hydroxylation is 1. The van der Waals surface area contributed by atoms with E-state index in [2.05, 4.69) is 27.9 Å². The van der Waals surface area contributed by atoms with Crippen LogP contribution in [0.5, 0.6) is 0 Å². The summed E-state index contributed by atoms with van der Waals surface area (Å²) in [5.41, 5.74) is 2.66. The molecule has 0 aliphatic carbocycles. The van der Waals surface area contributed by atoms with Crippen molar-refractivity contribution in [2.75, 3.05) is 16.8 Å². The lowest BCUT2D eigenvalue weighted by atomic mass is 10.1. The smallest absolute Gasteiger partial charge is 0.414 e. The fraction of sp³-hybridized carbons (Fsp3) is 0.474. The van der Waals surface area contributed by atoms with Gasteiger partial charge in [0.2, 0.25) is 0 Å². The number of carbonyl (C=O) groups is 1. The molecule has 1 aliphatic heterocycles. The molecule has 6 nitrogen and oxygen atoms in total. The molecule has 0 atom stereocenters. The summed E-state index contributed by atoms with van der Waals surface area (Å²) < 4.78 is 7.61. The number of nitrogens with one attached hydrogen (secondary N) is 1. The summed E-state index contributed by atoms with van der Waals surface area (Å²) in [5.74, 6) is 1.01. The molecule has 0 bridgehead atoms. The molecule has 25 heavy (non-hydrogen) atoms. The number of hydrogen-bond acceptors (Lipinski definition) is 4. The van der Waals surface area contributed by atoms with E-state index >= 15 is 0 Å². The largest absolute Gasteiger partial charge is 0.443 e. The molecule has 134 valence electrons. The van der Waals surface area contributed by atoms with Gasteiger partial charge in [0.15, 0.2) is 0 Å². The Kier molecular flexibility index (Phi) is 4.70. The summed E-state index contributed by atoms with van der Waals surface area (Å²) >= 11 is 0. The van der Waals surface area contributed by atoms with Crippen molar-refractivity contribution in [3.05, 3.63) is 42.0 Å². The van der Waals surface area contributed by atoms with Crippen molar-refractivity contribution < 1.29 is 9.53 Å². The normalized spacial score (nSPS) is 13.7. The number of nitrogens with zero attached hydrogens (tertiary/aromatic N) is 3. The Morgan fingerprint density at radius 3 is 2.88 bits per heavy atom. The number of carbonyl (C=O) groups excluding carboxylic acids is 1. The van der Waals surface area contributed by atoms with Gasteiger partial charge in [0.1, 0.15) is 11.4 Å². The van der Waals surface area contributed by atoms with Crippen LogP contribution in [0.3, 0.4) is 0 Å². The molecule has 1 amide bonds. The number of rotatable bonds is 4. The van der Waals surface area contributed by atoms with Crippen molar-refractivity contribution in [2.45, 2.75) is 52.8 Å². The van der Waals surface area contributed by atoms with E-state index in [1.54, 1.807) is 4.90 Å². The first-order valence-corrected chi connectivity index (χ1v) is 8.74. The van der Waals surface area contributed by atoms with Crippen molar-refractivity contribution in [2.24, 2.45) is 0 Å². The van der Waals surface area contributed by atoms with Crippen LogP contribution >= 0.6 is 0 Å². The van der Waals surface area contributed by atoms with Gasteiger partial charge in [-0.05, 0) is 57.9 Å². The van der Waals surface area contributed by atoms with E-state index in [0.29, 0.717) is 13.1 Å². The Morgan fingerprint density at radius 2 is 2.16 bits per heavy atom. The molecule has 1 aromatic carbocycles. The molecule has 0 spiro atoms. The monoisotopic (exact) mass is 342 g/mol. The minimum absolute atomic E-state index is 0.281. The Morgan fingerprint density at radius 1 is 1.36 bits per heavy atom. The second kappa shape index (κ2) is 6.78. The first kappa shape index (κ1) is 17.3. The number of hydrogen-bond donors (Lipinski definition) is 1. The molecule has 1 aromatic heterocycles. The Hall–Kier alpha value is -2.50. The van der Waals surface area contributed by atoms with Gasteiger partial charge in [0.25, 0.3) is 0 Å². The van der Waals surface area contributed by atoms with E-state index in [0.717, 1.165) is 35.7 Å². The highest BCUT2D eigenvalue weighted by atomic mass is 16.6. The summed E-state index contributed by atoms with van der Waals surface area (Å²) in [6.07, 6.45) is 4.37. The van der Waals surface area contributed by atoms with Gasteiger partial charge < -0.3 is 14.6 Å². The predicted molar refractivity (Wildman–Crippen MR) is 99.0 cm³/mol. The maximum absolute atomic E-state index is 12.3. The Bertz CT molecular complexity index is 761. The molecule has 0 saturated carbocycles. The second-order valence-electron chi connectivity index (χ2n) is 7.21. The molecule has 2 aromatic rings. The fourth-order valence-electron chi connectivity index (χ4n) is 2.99. The number of ether oxygens (including phenoxy) is 1. The third kappa shape index (κ3) is 3.95. The van der Waals surface area contributed by atoms with Crippen LogP contribution in [-0.4, -0.2) is 27.8 Å². The van der Waals surface area contributed by atoms with Crippen LogP contribution in [0.1, 0.15) is 39.1 Å². The zero-order valence-electron chi connectivity index (χ0n) is 15.4. The van der Waals surface area contributed by atoms with Crippen molar-refractivity contribution >= 4 is 17.5 Å². The number of fused-ring (bicyclic) bond motifs is 1. The highest BCUT2D eigenvalue weighted by Gasteiger charge is 2.28. The molecule has 0 radical (unpaired) electrons. The van der Waals surface area contributed by atoms with Gasteiger partial charge >= 0.3 is 6.09 Å². The number of benzene rings is 1. The highest BCUT2D eigenvalue weighted by Crippen LogP contribution is 2.31. The number of amides is 1. The van der Waals surface area contributed by atoms with E-state index in [1.807, 2.05) is 45.3 Å². The highest BCUT2D eigenvalue weighted by molar-refractivity contribution is 5.91. The lowest BCUT2D eigenvalue weighted by Crippen LogP contribution is -2.35. The average Bonchev–Trinajstić information content (AvgIpc) is 3.17. The van der Waals surface area contributed by atoms with E-state index in [-0.39, 0.29) is 6.09 Å². The lowest BCUT2D eigenvalue weighted by molar-refractivity contribution is 0.0584. The molecule has 6 heteroatoms. The Labute approximate surface area is 148 Å². The standard InChI is InChI=1S/C19H26N4O2/c1-5-22-11-9-20-17(22)13-21-15-6-7-16-14(12-15)8-10-23(16)18(24)25-19(2,3)4/h6-7,9,11-12,21H,5,8,10,13H2,1-4H3. The van der Waals surface area contributed by atoms with Gasteiger partial charge in [-0.25, -0.2) is 9.78 Å². The number of anilines is 2. The molecule has 0 saturated heterocycles. The predicted octanol–water partition coefficient (Wildman–Crippen LogP) is 3.81. The topological polar surface area (TPSA) is 59.4 Å². The molecular weight excluding hydrogens is 316 g/mol. The third-order valence-corrected chi connectivity index (χ3v) is 4.18. The first-order valence-electron chi connectivity index (χ1n) is 8.74. The van der Waals surface area contributed by atoms with Crippen LogP contribution in [0.15, 0.2) is 30.6 Å². The van der Waals surface area contributed by atoms with Crippen molar-refractivity contribution in [3.63, 3.8) is 0 Å². The summed E-state index contributed by atoms with van der Waals surface area (Å²) in [4.78, 5) is 18.4. The lowest BCUT2D eigenvalue weighted by Gasteiger charge is -2.24. The molecule has 3 rings (SSSR count). The second-order valence-corrected chi connectivity index (χ2v) is 7.21. The SMILES string of the molecule is CCn1ccnc1CNc1ccc2c(c1)CCN2C(=O)OC(C)(C)C. The summed E-state index contributed by atoms with van der Waals surface area (Å²) in [6, 6.07) is 6.10. The van der Waals surface area contributed by atoms with E-state index < -0.39 is 5.60 Å². The molecular formula is C19H26N4O2. The van der Waals surface area contributed by atoms with E-state index in [4.69, 9.17) is 4.74 Å². The van der Waals surface area contributed by atoms with E-state index in [1.165, 1.54) is 0 Å². The number of imidazole rings is 1. The van der Waals surface area contributed by atoms with Gasteiger partial charge in [-0.2, -0.15) is 0 Å². The van der Waals surface area contributed by atoms with Crippen LogP contribution in [0.25, 0.3) is 0 Å². The van der Waals surface area contributed by atoms with Gasteiger partial charge in [-0.15, -0.1) is 0 Å². The van der Waals surface area contributed by atoms with Crippen LogP contribution < -0.4 is 10.2 Å². The molecule has 1 N–H and O–H groups in total. The zero-order chi connectivity index (χ0) is 18.0. The minimum atomic E-state index is -0.484. The maximum atomic E-state index is 12.3. The van der Waals surface area contributed by atoms with Gasteiger partial charge in [-0.1, -0.05) is 0 Å². The summed E-state index contributed by atoms with van der Waals surface area (Å²) in [5, 5.41) is 3.42. The van der Waals surface area contributed by atoms with Gasteiger partial charge in [0, 0.05) is 31.2 Å². The van der Waals surface area contributed by atoms with Gasteiger partial charge in [0.05, 0.1) is 12.2 Å². The summed E-state index contributed by atoms with van der Waals surface area (Å²) in [7, 11) is 0. The van der Waals surface area contributed by atoms with Crippen LogP contribution in [0.4, 0.5) is 16.2 Å². The number of aromatic nitrogens is 2. The molecule has 0 fully saturated rings. The quantitative estimate of drug-likeness (QED) is 0.918. The molecule has 2 heterocycles. The molecule has 1 aliphatic rings. The fourth-order valence-corrected chi connectivity index (χ4v) is 2.99. The van der Waals surface area contributed by atoms with Crippen LogP contribution in [0, 0.1) is 0 Å². The third-order valence-electron chi connectivity index (χ3n) is 4.18. The average molecular weight is 342 g/mol. The van der Waals surface area contributed by atoms with Crippen molar-refractivity contribution in [1.82, 2.24) is 9.55 Å². The van der Waals surface area contributed by atoms with Crippen molar-refractivity contribution in [1.29, 1.82) is 0 Å². The summed E-state index contributed by atoms with van der Waals surface area (Å²) in [6.45, 7) is 10.0. The minimum Gasteiger partial charge on any atom is -0.443 e. The molecule has 0 unspecified atom stereocenters.